The van der Waals surface area contributed by atoms with Gasteiger partial charge in [-0.3, -0.25) is 14.5 Å². The van der Waals surface area contributed by atoms with Crippen LogP contribution in [0.2, 0.25) is 0 Å². The summed E-state index contributed by atoms with van der Waals surface area (Å²) in [7, 11) is 4.30. The molecular weight excluding hydrogens is 636 g/mol. The average Bonchev–Trinajstić information content (AvgIpc) is 3.48. The minimum absolute atomic E-state index is 0.0402. The van der Waals surface area contributed by atoms with E-state index in [0.29, 0.717) is 36.3 Å². The number of benzene rings is 2. The molecule has 2 aromatic rings. The molecule has 3 aliphatic rings. The van der Waals surface area contributed by atoms with E-state index in [2.05, 4.69) is 118 Å². The summed E-state index contributed by atoms with van der Waals surface area (Å²) in [6, 6.07) is 19.4. The van der Waals surface area contributed by atoms with Crippen LogP contribution in [-0.2, 0) is 22.7 Å². The smallest absolute Gasteiger partial charge is 0.240 e. The number of amides is 1. The highest BCUT2D eigenvalue weighted by Crippen LogP contribution is 2.47. The number of carbonyl (C=O) groups is 1. The number of aliphatic hydroxyl groups is 2. The quantitative estimate of drug-likeness (QED) is 0.203. The first kappa shape index (κ1) is 39.9. The molecule has 284 valence electrons. The number of likely N-dealkylation sites (N-methyl/N-ethyl adjacent to an activating group) is 1. The highest BCUT2D eigenvalue weighted by atomic mass is 16.7. The molecule has 0 bridgehead atoms. The normalized spacial score (nSPS) is 30.1. The second kappa shape index (κ2) is 17.7. The predicted octanol–water partition coefficient (Wildman–Crippen LogP) is 6.67. The Kier molecular flexibility index (Phi) is 13.8. The van der Waals surface area contributed by atoms with Crippen molar-refractivity contribution in [1.29, 1.82) is 0 Å². The van der Waals surface area contributed by atoms with Gasteiger partial charge in [-0.05, 0) is 86.1 Å². The van der Waals surface area contributed by atoms with Crippen LogP contribution < -0.4 is 5.32 Å². The lowest BCUT2D eigenvalue weighted by Gasteiger charge is -2.50. The van der Waals surface area contributed by atoms with E-state index in [0.717, 1.165) is 31.6 Å². The van der Waals surface area contributed by atoms with Crippen molar-refractivity contribution in [2.75, 3.05) is 33.8 Å². The lowest BCUT2D eigenvalue weighted by molar-refractivity contribution is -0.182. The number of nitrogens with zero attached hydrogens (tertiary/aromatic N) is 3. The Morgan fingerprint density at radius 3 is 2.33 bits per heavy atom. The van der Waals surface area contributed by atoms with Crippen molar-refractivity contribution in [2.45, 2.75) is 123 Å². The Balaban J connectivity index is 1.38. The van der Waals surface area contributed by atoms with Gasteiger partial charge < -0.3 is 20.4 Å². The number of hydrogen-bond acceptors (Lipinski definition) is 7. The fourth-order valence-electron chi connectivity index (χ4n) is 9.48. The van der Waals surface area contributed by atoms with Gasteiger partial charge in [-0.2, -0.15) is 5.06 Å². The second-order valence-corrected chi connectivity index (χ2v) is 17.2. The molecule has 1 heterocycles. The summed E-state index contributed by atoms with van der Waals surface area (Å²) in [5.74, 6) is 1.17. The maximum absolute atomic E-state index is 14.3. The Hall–Kier alpha value is -2.33. The first-order valence-electron chi connectivity index (χ1n) is 19.9. The molecule has 9 atom stereocenters. The zero-order valence-electron chi connectivity index (χ0n) is 32.8. The van der Waals surface area contributed by atoms with E-state index in [9.17, 15) is 15.0 Å². The van der Waals surface area contributed by atoms with Gasteiger partial charge in [-0.25, -0.2) is 0 Å². The van der Waals surface area contributed by atoms with E-state index >= 15 is 0 Å². The van der Waals surface area contributed by atoms with Crippen molar-refractivity contribution >= 4 is 5.91 Å². The van der Waals surface area contributed by atoms with E-state index in [1.165, 1.54) is 43.2 Å². The third-order valence-corrected chi connectivity index (χ3v) is 13.4. The lowest BCUT2D eigenvalue weighted by Crippen LogP contribution is -2.56. The topological polar surface area (TPSA) is 88.5 Å². The molecule has 0 aromatic heterocycles. The van der Waals surface area contributed by atoms with E-state index in [4.69, 9.17) is 4.84 Å². The van der Waals surface area contributed by atoms with Gasteiger partial charge in [-0.15, -0.1) is 0 Å². The van der Waals surface area contributed by atoms with Crippen molar-refractivity contribution < 1.29 is 19.8 Å². The molecule has 51 heavy (non-hydrogen) atoms. The number of carbonyl (C=O) groups excluding carboxylic acids is 1. The molecule has 2 aromatic carbocycles. The molecule has 3 fully saturated rings. The first-order chi connectivity index (χ1) is 24.3. The van der Waals surface area contributed by atoms with Gasteiger partial charge in [0.25, 0.3) is 0 Å². The van der Waals surface area contributed by atoms with Crippen LogP contribution in [0.5, 0.6) is 0 Å². The largest absolute Gasteiger partial charge is 0.394 e. The van der Waals surface area contributed by atoms with E-state index in [1.807, 2.05) is 0 Å². The van der Waals surface area contributed by atoms with Crippen molar-refractivity contribution in [3.8, 4) is 0 Å². The van der Waals surface area contributed by atoms with Crippen LogP contribution in [0.15, 0.2) is 54.6 Å². The summed E-state index contributed by atoms with van der Waals surface area (Å²) in [5.41, 5.74) is 3.87. The molecule has 0 spiro atoms. The van der Waals surface area contributed by atoms with E-state index in [1.54, 1.807) is 12.0 Å². The zero-order valence-corrected chi connectivity index (χ0v) is 32.8. The third-order valence-electron chi connectivity index (χ3n) is 13.4. The van der Waals surface area contributed by atoms with E-state index < -0.39 is 24.2 Å². The van der Waals surface area contributed by atoms with Gasteiger partial charge in [0, 0.05) is 37.6 Å². The van der Waals surface area contributed by atoms with Gasteiger partial charge in [-0.1, -0.05) is 108 Å². The highest BCUT2D eigenvalue weighted by Gasteiger charge is 2.51. The SMILES string of the molecule is C[C@@H]1[C@@H](NC(=O)[C@@H]2[C@H]([C@H](C)O)[C@H](CO)ON2Cc2cccc(CN(CCN(C)C)C(c3ccccc3)C3CCCCC3)c2)C[C@@H](C)C(C)(C)[C@H]1C. The van der Waals surface area contributed by atoms with Crippen molar-refractivity contribution in [2.24, 2.45) is 35.0 Å². The molecule has 1 saturated heterocycles. The molecule has 5 rings (SSSR count). The van der Waals surface area contributed by atoms with Crippen LogP contribution in [0.1, 0.15) is 103 Å². The zero-order chi connectivity index (χ0) is 36.9. The Morgan fingerprint density at radius 2 is 1.69 bits per heavy atom. The molecule has 8 heteroatoms. The van der Waals surface area contributed by atoms with Crippen LogP contribution in [0.4, 0.5) is 0 Å². The molecule has 3 N–H and O–H groups in total. The Morgan fingerprint density at radius 1 is 1.00 bits per heavy atom. The summed E-state index contributed by atoms with van der Waals surface area (Å²) in [4.78, 5) is 25.6. The van der Waals surface area contributed by atoms with E-state index in [-0.39, 0.29) is 24.0 Å². The Bertz CT molecular complexity index is 1380. The fraction of sp³-hybridized carbons (Fsp3) is 0.698. The monoisotopic (exact) mass is 705 g/mol. The number of aliphatic hydroxyl groups excluding tert-OH is 2. The lowest BCUT2D eigenvalue weighted by atomic mass is 9.58. The molecular formula is C43H68N4O4. The summed E-state index contributed by atoms with van der Waals surface area (Å²) in [6.07, 6.45) is 5.89. The molecule has 0 radical (unpaired) electrons. The number of hydroxylamine groups is 2. The summed E-state index contributed by atoms with van der Waals surface area (Å²) in [5, 5.41) is 26.4. The maximum Gasteiger partial charge on any atom is 0.240 e. The van der Waals surface area contributed by atoms with Crippen LogP contribution in [0.3, 0.4) is 0 Å². The summed E-state index contributed by atoms with van der Waals surface area (Å²) < 4.78 is 0. The summed E-state index contributed by atoms with van der Waals surface area (Å²) >= 11 is 0. The van der Waals surface area contributed by atoms with Crippen molar-refractivity contribution in [3.63, 3.8) is 0 Å². The van der Waals surface area contributed by atoms with Gasteiger partial charge in [0.1, 0.15) is 12.1 Å². The molecule has 1 unspecified atom stereocenters. The number of hydrogen-bond donors (Lipinski definition) is 3. The first-order valence-corrected chi connectivity index (χ1v) is 19.9. The maximum atomic E-state index is 14.3. The second-order valence-electron chi connectivity index (χ2n) is 17.2. The molecule has 2 saturated carbocycles. The van der Waals surface area contributed by atoms with Crippen LogP contribution >= 0.6 is 0 Å². The van der Waals surface area contributed by atoms with Crippen LogP contribution in [0.25, 0.3) is 0 Å². The van der Waals surface area contributed by atoms with Crippen LogP contribution in [0, 0.1) is 35.0 Å². The predicted molar refractivity (Wildman–Crippen MR) is 205 cm³/mol. The van der Waals surface area contributed by atoms with Gasteiger partial charge in [0.15, 0.2) is 0 Å². The number of nitrogens with one attached hydrogen (secondary N) is 1. The highest BCUT2D eigenvalue weighted by molar-refractivity contribution is 5.82. The number of rotatable bonds is 14. The third kappa shape index (κ3) is 9.43. The van der Waals surface area contributed by atoms with Crippen molar-refractivity contribution in [1.82, 2.24) is 20.2 Å². The molecule has 1 amide bonds. The minimum atomic E-state index is -0.824. The summed E-state index contributed by atoms with van der Waals surface area (Å²) in [6.45, 7) is 16.1. The molecule has 2 aliphatic carbocycles. The van der Waals surface area contributed by atoms with Gasteiger partial charge in [0.2, 0.25) is 5.91 Å². The van der Waals surface area contributed by atoms with Crippen LogP contribution in [-0.4, -0.2) is 89.1 Å². The fourth-order valence-corrected chi connectivity index (χ4v) is 9.48. The van der Waals surface area contributed by atoms with Gasteiger partial charge >= 0.3 is 0 Å². The Labute approximate surface area is 308 Å². The van der Waals surface area contributed by atoms with Gasteiger partial charge in [0.05, 0.1) is 19.3 Å². The average molecular weight is 705 g/mol. The molecule has 8 nitrogen and oxygen atoms in total. The standard InChI is InChI=1S/C43H68N4O4/c1-29-24-37(30(2)31(3)43(29,5)6)44-42(50)41-39(32(4)49)38(28-48)51-47(41)27-34-17-15-16-33(25-34)26-46(23-22-45(7)8)40(35-18-11-9-12-19-35)36-20-13-10-14-21-36/h9,11-12,15-19,25,29-32,36-41,48-49H,10,13-14,20-24,26-28H2,1-8H3,(H,44,50)/t29-,30+,31+,32+,37+,38+,39-,40?,41+/m1/s1. The van der Waals surface area contributed by atoms with Crippen molar-refractivity contribution in [3.05, 3.63) is 71.3 Å². The minimum Gasteiger partial charge on any atom is -0.394 e. The molecule has 1 aliphatic heterocycles.